The quantitative estimate of drug-likeness (QED) is 0.874. The molecular weight excluding hydrogens is 210 g/mol. The summed E-state index contributed by atoms with van der Waals surface area (Å²) in [6.07, 6.45) is 5.65. The molecule has 0 radical (unpaired) electrons. The minimum Gasteiger partial charge on any atom is -0.337 e. The van der Waals surface area contributed by atoms with Crippen LogP contribution in [0.1, 0.15) is 29.4 Å². The van der Waals surface area contributed by atoms with Crippen LogP contribution in [0, 0.1) is 6.92 Å². The van der Waals surface area contributed by atoms with Crippen LogP contribution in [0.25, 0.3) is 0 Å². The van der Waals surface area contributed by atoms with Gasteiger partial charge in [0.15, 0.2) is 0 Å². The molecule has 1 aromatic carbocycles. The highest BCUT2D eigenvalue weighted by molar-refractivity contribution is 5.22. The monoisotopic (exact) mass is 229 g/mol. The molecule has 0 amide bonds. The summed E-state index contributed by atoms with van der Waals surface area (Å²) in [5.41, 5.74) is 8.78. The van der Waals surface area contributed by atoms with Crippen LogP contribution in [0.3, 0.4) is 0 Å². The van der Waals surface area contributed by atoms with Crippen molar-refractivity contribution < 1.29 is 0 Å². The number of nitrogens with zero attached hydrogens (tertiary/aromatic N) is 2. The zero-order valence-electron chi connectivity index (χ0n) is 10.4. The van der Waals surface area contributed by atoms with E-state index in [0.29, 0.717) is 0 Å². The maximum atomic E-state index is 6.14. The average molecular weight is 229 g/mol. The van der Waals surface area contributed by atoms with E-state index in [9.17, 15) is 0 Å². The Kier molecular flexibility index (Phi) is 3.59. The summed E-state index contributed by atoms with van der Waals surface area (Å²) in [4.78, 5) is 4.28. The molecule has 17 heavy (non-hydrogen) atoms. The summed E-state index contributed by atoms with van der Waals surface area (Å²) < 4.78 is 1.99. The van der Waals surface area contributed by atoms with E-state index < -0.39 is 0 Å². The first-order valence-electron chi connectivity index (χ1n) is 5.95. The van der Waals surface area contributed by atoms with Crippen molar-refractivity contribution in [1.29, 1.82) is 0 Å². The SMILES string of the molecule is Cc1cccc(CCC(N)c2nccn2C)c1. The Morgan fingerprint density at radius 1 is 1.41 bits per heavy atom. The topological polar surface area (TPSA) is 43.8 Å². The zero-order valence-corrected chi connectivity index (χ0v) is 10.4. The number of imidazole rings is 1. The van der Waals surface area contributed by atoms with Crippen molar-refractivity contribution >= 4 is 0 Å². The van der Waals surface area contributed by atoms with Crippen LogP contribution in [-0.2, 0) is 13.5 Å². The third kappa shape index (κ3) is 2.94. The fourth-order valence-corrected chi connectivity index (χ4v) is 2.05. The first-order valence-corrected chi connectivity index (χ1v) is 5.95. The second kappa shape index (κ2) is 5.15. The number of hydrogen-bond acceptors (Lipinski definition) is 2. The molecule has 1 heterocycles. The molecule has 1 unspecified atom stereocenters. The van der Waals surface area contributed by atoms with E-state index in [2.05, 4.69) is 36.2 Å². The Labute approximate surface area is 102 Å². The summed E-state index contributed by atoms with van der Waals surface area (Å²) in [7, 11) is 1.98. The highest BCUT2D eigenvalue weighted by Crippen LogP contribution is 2.15. The molecule has 0 aliphatic carbocycles. The van der Waals surface area contributed by atoms with Crippen LogP contribution in [0.15, 0.2) is 36.7 Å². The molecule has 3 nitrogen and oxygen atoms in total. The number of aromatic nitrogens is 2. The van der Waals surface area contributed by atoms with Crippen molar-refractivity contribution in [2.75, 3.05) is 0 Å². The van der Waals surface area contributed by atoms with E-state index in [-0.39, 0.29) is 6.04 Å². The predicted molar refractivity (Wildman–Crippen MR) is 69.6 cm³/mol. The highest BCUT2D eigenvalue weighted by atomic mass is 15.1. The minimum atomic E-state index is 0.00973. The van der Waals surface area contributed by atoms with Crippen molar-refractivity contribution in [2.45, 2.75) is 25.8 Å². The fraction of sp³-hybridized carbons (Fsp3) is 0.357. The second-order valence-corrected chi connectivity index (χ2v) is 4.53. The number of benzene rings is 1. The van der Waals surface area contributed by atoms with Crippen LogP contribution in [0.4, 0.5) is 0 Å². The smallest absolute Gasteiger partial charge is 0.125 e. The number of aryl methyl sites for hydroxylation is 3. The molecule has 2 aromatic rings. The lowest BCUT2D eigenvalue weighted by atomic mass is 10.0. The van der Waals surface area contributed by atoms with Crippen molar-refractivity contribution in [3.63, 3.8) is 0 Å². The van der Waals surface area contributed by atoms with Gasteiger partial charge in [0.25, 0.3) is 0 Å². The van der Waals surface area contributed by atoms with Crippen molar-refractivity contribution in [3.05, 3.63) is 53.6 Å². The molecule has 0 saturated carbocycles. The Morgan fingerprint density at radius 2 is 2.24 bits per heavy atom. The maximum Gasteiger partial charge on any atom is 0.125 e. The van der Waals surface area contributed by atoms with Crippen LogP contribution in [0.2, 0.25) is 0 Å². The first kappa shape index (κ1) is 11.9. The minimum absolute atomic E-state index is 0.00973. The predicted octanol–water partition coefficient (Wildman–Crippen LogP) is 2.36. The first-order chi connectivity index (χ1) is 8.16. The van der Waals surface area contributed by atoms with Crippen LogP contribution in [-0.4, -0.2) is 9.55 Å². The van der Waals surface area contributed by atoms with E-state index in [1.165, 1.54) is 11.1 Å². The Hall–Kier alpha value is -1.61. The summed E-state index contributed by atoms with van der Waals surface area (Å²) >= 11 is 0. The number of hydrogen-bond donors (Lipinski definition) is 1. The summed E-state index contributed by atoms with van der Waals surface area (Å²) in [5, 5.41) is 0. The molecule has 3 heteroatoms. The Bertz CT molecular complexity index is 488. The summed E-state index contributed by atoms with van der Waals surface area (Å²) in [6, 6.07) is 8.58. The molecule has 0 fully saturated rings. The van der Waals surface area contributed by atoms with E-state index in [4.69, 9.17) is 5.73 Å². The van der Waals surface area contributed by atoms with E-state index in [1.54, 1.807) is 6.20 Å². The van der Waals surface area contributed by atoms with Crippen molar-refractivity contribution in [1.82, 2.24) is 9.55 Å². The lowest BCUT2D eigenvalue weighted by molar-refractivity contribution is 0.588. The molecule has 1 aromatic heterocycles. The van der Waals surface area contributed by atoms with Gasteiger partial charge in [-0.05, 0) is 25.3 Å². The van der Waals surface area contributed by atoms with Crippen LogP contribution < -0.4 is 5.73 Å². The van der Waals surface area contributed by atoms with E-state index in [1.807, 2.05) is 17.8 Å². The fourth-order valence-electron chi connectivity index (χ4n) is 2.05. The molecule has 0 bridgehead atoms. The summed E-state index contributed by atoms with van der Waals surface area (Å²) in [5.74, 6) is 0.956. The third-order valence-corrected chi connectivity index (χ3v) is 3.02. The molecule has 0 aliphatic heterocycles. The standard InChI is InChI=1S/C14H19N3/c1-11-4-3-5-12(10-11)6-7-13(15)14-16-8-9-17(14)2/h3-5,8-10,13H,6-7,15H2,1-2H3. The van der Waals surface area contributed by atoms with Gasteiger partial charge in [-0.1, -0.05) is 29.8 Å². The third-order valence-electron chi connectivity index (χ3n) is 3.02. The average Bonchev–Trinajstić information content (AvgIpc) is 2.72. The molecule has 2 N–H and O–H groups in total. The van der Waals surface area contributed by atoms with Crippen LogP contribution >= 0.6 is 0 Å². The van der Waals surface area contributed by atoms with Gasteiger partial charge in [-0.3, -0.25) is 0 Å². The van der Waals surface area contributed by atoms with Gasteiger partial charge in [-0.25, -0.2) is 4.98 Å². The molecule has 0 saturated heterocycles. The normalized spacial score (nSPS) is 12.6. The molecule has 0 aliphatic rings. The van der Waals surface area contributed by atoms with Gasteiger partial charge in [0.2, 0.25) is 0 Å². The summed E-state index contributed by atoms with van der Waals surface area (Å²) in [6.45, 7) is 2.11. The molecule has 90 valence electrons. The highest BCUT2D eigenvalue weighted by Gasteiger charge is 2.10. The number of rotatable bonds is 4. The maximum absolute atomic E-state index is 6.14. The van der Waals surface area contributed by atoms with E-state index >= 15 is 0 Å². The molecule has 2 rings (SSSR count). The Morgan fingerprint density at radius 3 is 2.88 bits per heavy atom. The largest absolute Gasteiger partial charge is 0.337 e. The molecule has 0 spiro atoms. The van der Waals surface area contributed by atoms with Crippen molar-refractivity contribution in [3.8, 4) is 0 Å². The zero-order chi connectivity index (χ0) is 12.3. The molecule has 1 atom stereocenters. The van der Waals surface area contributed by atoms with Gasteiger partial charge in [-0.2, -0.15) is 0 Å². The van der Waals surface area contributed by atoms with Gasteiger partial charge in [0.1, 0.15) is 5.82 Å². The van der Waals surface area contributed by atoms with Gasteiger partial charge in [0.05, 0.1) is 6.04 Å². The second-order valence-electron chi connectivity index (χ2n) is 4.53. The van der Waals surface area contributed by atoms with E-state index in [0.717, 1.165) is 18.7 Å². The molecular formula is C14H19N3. The van der Waals surface area contributed by atoms with Gasteiger partial charge in [-0.15, -0.1) is 0 Å². The lowest BCUT2D eigenvalue weighted by Gasteiger charge is -2.11. The van der Waals surface area contributed by atoms with Gasteiger partial charge < -0.3 is 10.3 Å². The van der Waals surface area contributed by atoms with Crippen LogP contribution in [0.5, 0.6) is 0 Å². The van der Waals surface area contributed by atoms with Crippen molar-refractivity contribution in [2.24, 2.45) is 12.8 Å². The number of nitrogens with two attached hydrogens (primary N) is 1. The Balaban J connectivity index is 1.97. The van der Waals surface area contributed by atoms with Gasteiger partial charge in [0, 0.05) is 19.4 Å². The lowest BCUT2D eigenvalue weighted by Crippen LogP contribution is -2.16. The van der Waals surface area contributed by atoms with Gasteiger partial charge >= 0.3 is 0 Å².